The summed E-state index contributed by atoms with van der Waals surface area (Å²) in [5, 5.41) is 11.3. The zero-order valence-electron chi connectivity index (χ0n) is 18.3. The van der Waals surface area contributed by atoms with Gasteiger partial charge in [0.1, 0.15) is 6.61 Å². The number of aliphatic carboxylic acids is 1. The number of alkyl carbamates (subject to hydrolysis) is 1. The fourth-order valence-electron chi connectivity index (χ4n) is 4.13. The number of carboxylic acid groups (broad SMARTS) is 1. The molecule has 4 rings (SSSR count). The van der Waals surface area contributed by atoms with Crippen molar-refractivity contribution in [2.75, 3.05) is 19.8 Å². The number of carbonyl (C=O) groups is 3. The lowest BCUT2D eigenvalue weighted by Gasteiger charge is -2.15. The number of carbonyl (C=O) groups excluding carboxylic acids is 2. The Morgan fingerprint density at radius 1 is 0.853 bits per heavy atom. The van der Waals surface area contributed by atoms with E-state index in [1.807, 2.05) is 24.3 Å². The van der Waals surface area contributed by atoms with Gasteiger partial charge in [0, 0.05) is 18.0 Å². The quantitative estimate of drug-likeness (QED) is 0.421. The first kappa shape index (κ1) is 23.0. The third kappa shape index (κ3) is 5.24. The standard InChI is InChI=1S/C26H24N2O6/c29-24(30)16-34-28-25(31)18-8-2-1-7-17(18)13-14-27-26(32)33-15-23-21-11-5-3-9-19(21)20-10-4-6-12-22(20)23/h1-12,23H,13-16H2,(H,27,32)(H,28,31)(H,29,30). The van der Waals surface area contributed by atoms with E-state index >= 15 is 0 Å². The fraction of sp³-hybridized carbons (Fsp3) is 0.192. The Labute approximate surface area is 196 Å². The maximum atomic E-state index is 12.3. The molecule has 3 aromatic carbocycles. The van der Waals surface area contributed by atoms with E-state index in [0.717, 1.165) is 22.3 Å². The molecule has 1 aliphatic rings. The largest absolute Gasteiger partial charge is 0.479 e. The number of carboxylic acids is 1. The Kier molecular flexibility index (Phi) is 7.19. The van der Waals surface area contributed by atoms with Crippen LogP contribution >= 0.6 is 0 Å². The van der Waals surface area contributed by atoms with Crippen molar-refractivity contribution in [1.29, 1.82) is 0 Å². The molecule has 0 saturated heterocycles. The summed E-state index contributed by atoms with van der Waals surface area (Å²) in [4.78, 5) is 39.8. The second-order valence-corrected chi connectivity index (χ2v) is 7.77. The van der Waals surface area contributed by atoms with Gasteiger partial charge >= 0.3 is 12.1 Å². The molecule has 8 nitrogen and oxygen atoms in total. The number of fused-ring (bicyclic) bond motifs is 3. The van der Waals surface area contributed by atoms with Gasteiger partial charge in [-0.3, -0.25) is 9.63 Å². The Bertz CT molecular complexity index is 1160. The first-order valence-corrected chi connectivity index (χ1v) is 10.8. The number of hydrogen-bond donors (Lipinski definition) is 3. The van der Waals surface area contributed by atoms with Gasteiger partial charge in [0.15, 0.2) is 6.61 Å². The lowest BCUT2D eigenvalue weighted by molar-refractivity contribution is -0.144. The number of hydrogen-bond acceptors (Lipinski definition) is 5. The highest BCUT2D eigenvalue weighted by Gasteiger charge is 2.28. The first-order valence-electron chi connectivity index (χ1n) is 10.8. The molecule has 1 aliphatic carbocycles. The topological polar surface area (TPSA) is 114 Å². The minimum absolute atomic E-state index is 0.0200. The summed E-state index contributed by atoms with van der Waals surface area (Å²) in [5.74, 6) is -1.77. The van der Waals surface area contributed by atoms with Gasteiger partial charge in [-0.25, -0.2) is 15.1 Å². The third-order valence-electron chi connectivity index (χ3n) is 5.63. The second-order valence-electron chi connectivity index (χ2n) is 7.77. The molecule has 2 amide bonds. The first-order chi connectivity index (χ1) is 16.5. The van der Waals surface area contributed by atoms with Crippen LogP contribution in [0.4, 0.5) is 4.79 Å². The summed E-state index contributed by atoms with van der Waals surface area (Å²) in [6.07, 6.45) is -0.152. The van der Waals surface area contributed by atoms with E-state index in [0.29, 0.717) is 17.5 Å². The summed E-state index contributed by atoms with van der Waals surface area (Å²) in [6, 6.07) is 23.1. The third-order valence-corrected chi connectivity index (χ3v) is 5.63. The van der Waals surface area contributed by atoms with Crippen LogP contribution in [-0.4, -0.2) is 42.8 Å². The number of nitrogens with one attached hydrogen (secondary N) is 2. The van der Waals surface area contributed by atoms with Crippen LogP contribution in [0.25, 0.3) is 11.1 Å². The molecule has 34 heavy (non-hydrogen) atoms. The molecular formula is C26H24N2O6. The summed E-state index contributed by atoms with van der Waals surface area (Å²) in [5.41, 5.74) is 7.72. The van der Waals surface area contributed by atoms with Crippen molar-refractivity contribution in [1.82, 2.24) is 10.8 Å². The lowest BCUT2D eigenvalue weighted by atomic mass is 9.98. The van der Waals surface area contributed by atoms with Gasteiger partial charge in [-0.05, 0) is 40.3 Å². The molecule has 3 aromatic rings. The van der Waals surface area contributed by atoms with E-state index in [2.05, 4.69) is 39.9 Å². The predicted molar refractivity (Wildman–Crippen MR) is 124 cm³/mol. The van der Waals surface area contributed by atoms with E-state index in [-0.39, 0.29) is 19.1 Å². The molecule has 174 valence electrons. The molecule has 0 atom stereocenters. The van der Waals surface area contributed by atoms with Crippen molar-refractivity contribution >= 4 is 18.0 Å². The average molecular weight is 460 g/mol. The molecule has 0 heterocycles. The highest BCUT2D eigenvalue weighted by Crippen LogP contribution is 2.44. The molecule has 0 spiro atoms. The van der Waals surface area contributed by atoms with E-state index in [1.54, 1.807) is 24.3 Å². The number of benzene rings is 3. The SMILES string of the molecule is O=C(O)CONC(=O)c1ccccc1CCNC(=O)OCC1c2ccccc2-c2ccccc21. The summed E-state index contributed by atoms with van der Waals surface area (Å²) in [6.45, 7) is -0.159. The van der Waals surface area contributed by atoms with Gasteiger partial charge in [0.05, 0.1) is 0 Å². The number of amides is 2. The Hall–Kier alpha value is -4.17. The van der Waals surface area contributed by atoms with Gasteiger partial charge in [-0.1, -0.05) is 66.7 Å². The van der Waals surface area contributed by atoms with Crippen LogP contribution < -0.4 is 10.8 Å². The van der Waals surface area contributed by atoms with E-state index < -0.39 is 24.6 Å². The summed E-state index contributed by atoms with van der Waals surface area (Å²) < 4.78 is 5.53. The van der Waals surface area contributed by atoms with Crippen LogP contribution in [0.1, 0.15) is 33.0 Å². The number of ether oxygens (including phenoxy) is 1. The molecule has 0 aliphatic heterocycles. The summed E-state index contributed by atoms with van der Waals surface area (Å²) in [7, 11) is 0. The van der Waals surface area contributed by atoms with Crippen LogP contribution in [0, 0.1) is 0 Å². The zero-order valence-corrected chi connectivity index (χ0v) is 18.3. The monoisotopic (exact) mass is 460 g/mol. The highest BCUT2D eigenvalue weighted by molar-refractivity contribution is 5.95. The van der Waals surface area contributed by atoms with Crippen molar-refractivity contribution in [3.63, 3.8) is 0 Å². The maximum Gasteiger partial charge on any atom is 0.407 e. The van der Waals surface area contributed by atoms with Crippen LogP contribution in [0.2, 0.25) is 0 Å². The van der Waals surface area contributed by atoms with Crippen molar-refractivity contribution in [2.45, 2.75) is 12.3 Å². The van der Waals surface area contributed by atoms with E-state index in [4.69, 9.17) is 9.84 Å². The second kappa shape index (κ2) is 10.6. The van der Waals surface area contributed by atoms with Crippen molar-refractivity contribution in [2.24, 2.45) is 0 Å². The fourth-order valence-corrected chi connectivity index (χ4v) is 4.13. The Morgan fingerprint density at radius 3 is 2.15 bits per heavy atom. The average Bonchev–Trinajstić information content (AvgIpc) is 3.16. The predicted octanol–water partition coefficient (Wildman–Crippen LogP) is 3.51. The summed E-state index contributed by atoms with van der Waals surface area (Å²) >= 11 is 0. The van der Waals surface area contributed by atoms with Crippen molar-refractivity contribution in [3.05, 3.63) is 95.1 Å². The van der Waals surface area contributed by atoms with Gasteiger partial charge in [0.25, 0.3) is 5.91 Å². The zero-order chi connectivity index (χ0) is 23.9. The normalized spacial score (nSPS) is 11.9. The molecule has 0 bridgehead atoms. The van der Waals surface area contributed by atoms with Gasteiger partial charge in [-0.15, -0.1) is 0 Å². The minimum atomic E-state index is -1.19. The molecule has 3 N–H and O–H groups in total. The van der Waals surface area contributed by atoms with E-state index in [1.165, 1.54) is 0 Å². The smallest absolute Gasteiger partial charge is 0.407 e. The highest BCUT2D eigenvalue weighted by atomic mass is 16.7. The molecule has 0 fully saturated rings. The van der Waals surface area contributed by atoms with Crippen molar-refractivity contribution < 1.29 is 29.1 Å². The van der Waals surface area contributed by atoms with Gasteiger partial charge in [-0.2, -0.15) is 0 Å². The lowest BCUT2D eigenvalue weighted by Crippen LogP contribution is -2.30. The van der Waals surface area contributed by atoms with Gasteiger partial charge < -0.3 is 15.2 Å². The van der Waals surface area contributed by atoms with Crippen LogP contribution in [0.5, 0.6) is 0 Å². The number of rotatable bonds is 9. The van der Waals surface area contributed by atoms with Crippen LogP contribution in [-0.2, 0) is 20.8 Å². The van der Waals surface area contributed by atoms with E-state index in [9.17, 15) is 14.4 Å². The van der Waals surface area contributed by atoms with Gasteiger partial charge in [0.2, 0.25) is 0 Å². The number of hydroxylamine groups is 1. The molecule has 0 saturated carbocycles. The molecule has 0 aromatic heterocycles. The molecule has 0 radical (unpaired) electrons. The molecular weight excluding hydrogens is 436 g/mol. The minimum Gasteiger partial charge on any atom is -0.479 e. The Balaban J connectivity index is 1.30. The van der Waals surface area contributed by atoms with Crippen LogP contribution in [0.15, 0.2) is 72.8 Å². The maximum absolute atomic E-state index is 12.3. The molecule has 8 heteroatoms. The van der Waals surface area contributed by atoms with Crippen LogP contribution in [0.3, 0.4) is 0 Å². The van der Waals surface area contributed by atoms with Crippen molar-refractivity contribution in [3.8, 4) is 11.1 Å². The molecule has 0 unspecified atom stereocenters. The Morgan fingerprint density at radius 2 is 1.47 bits per heavy atom.